The number of ketones is 1. The highest BCUT2D eigenvalue weighted by molar-refractivity contribution is 7.15. The standard InChI is InChI=1S/C21H24N6O4S/c1-12(28)22-8-13-9-25-20(32-13)18-17-16(15(31-3)11-24-18)14(10-23-17)19(29)21(30)27-6-4-26(2)5-7-27/h9-11,23H,4-8H2,1-3H3,(H,22,28). The zero-order chi connectivity index (χ0) is 22.8. The largest absolute Gasteiger partial charge is 0.494 e. The van der Waals surface area contributed by atoms with Crippen molar-refractivity contribution in [2.24, 2.45) is 0 Å². The third-order valence-corrected chi connectivity index (χ3v) is 6.40. The van der Waals surface area contributed by atoms with Crippen molar-refractivity contribution in [2.75, 3.05) is 40.3 Å². The van der Waals surface area contributed by atoms with Gasteiger partial charge < -0.3 is 24.8 Å². The molecule has 1 aliphatic rings. The van der Waals surface area contributed by atoms with E-state index in [1.807, 2.05) is 7.05 Å². The van der Waals surface area contributed by atoms with Gasteiger partial charge in [-0.05, 0) is 7.05 Å². The number of carbonyl (C=O) groups excluding carboxylic acids is 3. The number of hydrogen-bond donors (Lipinski definition) is 2. The number of rotatable bonds is 6. The van der Waals surface area contributed by atoms with Gasteiger partial charge >= 0.3 is 0 Å². The van der Waals surface area contributed by atoms with Crippen LogP contribution < -0.4 is 10.1 Å². The van der Waals surface area contributed by atoms with Crippen LogP contribution in [0.3, 0.4) is 0 Å². The van der Waals surface area contributed by atoms with E-state index in [1.165, 1.54) is 37.8 Å². The molecule has 0 saturated carbocycles. The number of Topliss-reactive ketones (excluding diaryl/α,β-unsaturated/α-hetero) is 1. The molecule has 10 nitrogen and oxygen atoms in total. The maximum atomic E-state index is 13.1. The van der Waals surface area contributed by atoms with Crippen LogP contribution >= 0.6 is 11.3 Å². The number of ether oxygens (including phenoxy) is 1. The first-order valence-electron chi connectivity index (χ1n) is 10.1. The maximum Gasteiger partial charge on any atom is 0.295 e. The molecule has 0 aromatic carbocycles. The molecule has 0 unspecified atom stereocenters. The fourth-order valence-electron chi connectivity index (χ4n) is 3.59. The molecule has 0 bridgehead atoms. The minimum atomic E-state index is -0.582. The maximum absolute atomic E-state index is 13.1. The topological polar surface area (TPSA) is 121 Å². The van der Waals surface area contributed by atoms with Crippen LogP contribution in [0.1, 0.15) is 22.2 Å². The van der Waals surface area contributed by atoms with Crippen molar-refractivity contribution in [2.45, 2.75) is 13.5 Å². The lowest BCUT2D eigenvalue weighted by molar-refractivity contribution is -0.128. The Kier molecular flexibility index (Phi) is 6.19. The molecular formula is C21H24N6O4S. The van der Waals surface area contributed by atoms with Gasteiger partial charge in [0.25, 0.3) is 11.7 Å². The zero-order valence-electron chi connectivity index (χ0n) is 18.1. The van der Waals surface area contributed by atoms with Crippen LogP contribution in [0.25, 0.3) is 21.6 Å². The minimum Gasteiger partial charge on any atom is -0.494 e. The molecule has 168 valence electrons. The smallest absolute Gasteiger partial charge is 0.295 e. The van der Waals surface area contributed by atoms with E-state index < -0.39 is 11.7 Å². The van der Waals surface area contributed by atoms with Crippen molar-refractivity contribution >= 4 is 39.8 Å². The first-order valence-corrected chi connectivity index (χ1v) is 11.0. The van der Waals surface area contributed by atoms with E-state index in [4.69, 9.17) is 4.74 Å². The SMILES string of the molecule is COc1cnc(-c2ncc(CNC(C)=O)s2)c2[nH]cc(C(=O)C(=O)N3CCN(C)CC3)c12. The summed E-state index contributed by atoms with van der Waals surface area (Å²) in [5.74, 6) is -0.829. The summed E-state index contributed by atoms with van der Waals surface area (Å²) in [5.41, 5.74) is 1.37. The number of methoxy groups -OCH3 is 1. The Hall–Kier alpha value is -3.31. The Balaban J connectivity index is 1.68. The van der Waals surface area contributed by atoms with Crippen LogP contribution in [0.2, 0.25) is 0 Å². The lowest BCUT2D eigenvalue weighted by atomic mass is 10.1. The third-order valence-electron chi connectivity index (χ3n) is 5.39. The second kappa shape index (κ2) is 9.05. The van der Waals surface area contributed by atoms with Gasteiger partial charge in [-0.15, -0.1) is 11.3 Å². The van der Waals surface area contributed by atoms with Gasteiger partial charge in [0.1, 0.15) is 16.5 Å². The van der Waals surface area contributed by atoms with Crippen molar-refractivity contribution in [3.63, 3.8) is 0 Å². The highest BCUT2D eigenvalue weighted by atomic mass is 32.1. The van der Waals surface area contributed by atoms with E-state index in [9.17, 15) is 14.4 Å². The molecule has 2 amide bonds. The molecule has 1 fully saturated rings. The van der Waals surface area contributed by atoms with Gasteiger partial charge in [0.2, 0.25) is 5.91 Å². The van der Waals surface area contributed by atoms with E-state index in [0.29, 0.717) is 47.0 Å². The van der Waals surface area contributed by atoms with E-state index in [2.05, 4.69) is 25.2 Å². The van der Waals surface area contributed by atoms with Crippen LogP contribution in [0, 0.1) is 0 Å². The number of nitrogens with one attached hydrogen (secondary N) is 2. The number of fused-ring (bicyclic) bond motifs is 1. The summed E-state index contributed by atoms with van der Waals surface area (Å²) < 4.78 is 5.45. The van der Waals surface area contributed by atoms with Crippen LogP contribution in [-0.4, -0.2) is 82.7 Å². The van der Waals surface area contributed by atoms with Gasteiger partial charge in [-0.1, -0.05) is 0 Å². The van der Waals surface area contributed by atoms with Gasteiger partial charge in [0, 0.05) is 50.4 Å². The molecule has 3 aromatic rings. The van der Waals surface area contributed by atoms with Crippen LogP contribution in [0.5, 0.6) is 5.75 Å². The number of amides is 2. The fourth-order valence-corrected chi connectivity index (χ4v) is 4.45. The van der Waals surface area contributed by atoms with Gasteiger partial charge in [-0.25, -0.2) is 9.97 Å². The Morgan fingerprint density at radius 2 is 1.94 bits per heavy atom. The van der Waals surface area contributed by atoms with E-state index in [0.717, 1.165) is 18.0 Å². The first kappa shape index (κ1) is 21.9. The van der Waals surface area contributed by atoms with Gasteiger partial charge in [0.05, 0.1) is 36.3 Å². The number of carbonyl (C=O) groups is 3. The van der Waals surface area contributed by atoms with Crippen molar-refractivity contribution in [1.29, 1.82) is 0 Å². The lowest BCUT2D eigenvalue weighted by Crippen LogP contribution is -2.49. The van der Waals surface area contributed by atoms with Crippen molar-refractivity contribution in [3.8, 4) is 16.5 Å². The van der Waals surface area contributed by atoms with Crippen LogP contribution in [0.4, 0.5) is 0 Å². The molecule has 4 rings (SSSR count). The quantitative estimate of drug-likeness (QED) is 0.423. The average molecular weight is 457 g/mol. The predicted octanol–water partition coefficient (Wildman–Crippen LogP) is 1.29. The van der Waals surface area contributed by atoms with E-state index in [1.54, 1.807) is 11.1 Å². The molecule has 4 heterocycles. The Morgan fingerprint density at radius 3 is 2.62 bits per heavy atom. The minimum absolute atomic E-state index is 0.123. The van der Waals surface area contributed by atoms with E-state index in [-0.39, 0.29) is 11.5 Å². The Morgan fingerprint density at radius 1 is 1.19 bits per heavy atom. The highest BCUT2D eigenvalue weighted by Gasteiger charge is 2.29. The fraction of sp³-hybridized carbons (Fsp3) is 0.381. The zero-order valence-corrected chi connectivity index (χ0v) is 18.9. The number of piperazine rings is 1. The average Bonchev–Trinajstić information content (AvgIpc) is 3.44. The van der Waals surface area contributed by atoms with E-state index >= 15 is 0 Å². The predicted molar refractivity (Wildman–Crippen MR) is 120 cm³/mol. The van der Waals surface area contributed by atoms with Crippen LogP contribution in [-0.2, 0) is 16.1 Å². The number of likely N-dealkylation sites (N-methyl/N-ethyl adjacent to an activating group) is 1. The molecule has 0 spiro atoms. The third kappa shape index (κ3) is 4.21. The first-order chi connectivity index (χ1) is 15.4. The molecule has 2 N–H and O–H groups in total. The molecule has 0 aliphatic carbocycles. The number of H-pyrrole nitrogens is 1. The van der Waals surface area contributed by atoms with Crippen LogP contribution in [0.15, 0.2) is 18.6 Å². The Bertz CT molecular complexity index is 1180. The number of thiazole rings is 1. The summed E-state index contributed by atoms with van der Waals surface area (Å²) in [6.45, 7) is 4.33. The Labute approximate surface area is 188 Å². The van der Waals surface area contributed by atoms with Crippen molar-refractivity contribution < 1.29 is 19.1 Å². The molecule has 1 saturated heterocycles. The van der Waals surface area contributed by atoms with Gasteiger partial charge in [0.15, 0.2) is 0 Å². The number of hydrogen-bond acceptors (Lipinski definition) is 8. The molecule has 32 heavy (non-hydrogen) atoms. The highest BCUT2D eigenvalue weighted by Crippen LogP contribution is 2.36. The lowest BCUT2D eigenvalue weighted by Gasteiger charge is -2.31. The van der Waals surface area contributed by atoms with Crippen molar-refractivity contribution in [3.05, 3.63) is 29.0 Å². The molecule has 1 aliphatic heterocycles. The summed E-state index contributed by atoms with van der Waals surface area (Å²) >= 11 is 1.39. The normalized spacial score (nSPS) is 14.5. The van der Waals surface area contributed by atoms with Gasteiger partial charge in [-0.3, -0.25) is 14.4 Å². The summed E-state index contributed by atoms with van der Waals surface area (Å²) in [7, 11) is 3.48. The second-order valence-electron chi connectivity index (χ2n) is 7.59. The second-order valence-corrected chi connectivity index (χ2v) is 8.71. The molecule has 0 atom stereocenters. The molecule has 0 radical (unpaired) electrons. The number of aromatic nitrogens is 3. The summed E-state index contributed by atoms with van der Waals surface area (Å²) in [6, 6.07) is 0. The van der Waals surface area contributed by atoms with Crippen molar-refractivity contribution in [1.82, 2.24) is 30.1 Å². The summed E-state index contributed by atoms with van der Waals surface area (Å²) in [5, 5.41) is 3.87. The number of aromatic amines is 1. The monoisotopic (exact) mass is 456 g/mol. The number of pyridine rings is 1. The summed E-state index contributed by atoms with van der Waals surface area (Å²) in [6.07, 6.45) is 4.73. The number of nitrogens with zero attached hydrogens (tertiary/aromatic N) is 4. The van der Waals surface area contributed by atoms with Gasteiger partial charge in [-0.2, -0.15) is 0 Å². The summed E-state index contributed by atoms with van der Waals surface area (Å²) in [4.78, 5) is 53.7. The molecule has 3 aromatic heterocycles. The molecule has 11 heteroatoms. The molecular weight excluding hydrogens is 432 g/mol.